The number of benzene rings is 2. The Hall–Kier alpha value is -2.05. The molecule has 0 aromatic heterocycles. The molecular formula is C18H18NO5PS. The van der Waals surface area contributed by atoms with E-state index in [1.807, 2.05) is 6.07 Å². The molecule has 0 unspecified atom stereocenters. The molecule has 0 bridgehead atoms. The highest BCUT2D eigenvalue weighted by Gasteiger charge is 2.37. The lowest BCUT2D eigenvalue weighted by Gasteiger charge is -2.21. The first-order valence-corrected chi connectivity index (χ1v) is 10.7. The average Bonchev–Trinajstić information content (AvgIpc) is 2.86. The predicted octanol–water partition coefficient (Wildman–Crippen LogP) is 4.16. The fourth-order valence-electron chi connectivity index (χ4n) is 2.62. The molecule has 26 heavy (non-hydrogen) atoms. The fourth-order valence-corrected chi connectivity index (χ4v) is 4.70. The highest BCUT2D eigenvalue weighted by molar-refractivity contribution is 8.07. The van der Waals surface area contributed by atoms with Crippen molar-refractivity contribution in [1.82, 2.24) is 0 Å². The molecule has 0 N–H and O–H groups in total. The second-order valence-electron chi connectivity index (χ2n) is 5.36. The van der Waals surface area contributed by atoms with Crippen molar-refractivity contribution in [2.24, 2.45) is 0 Å². The number of para-hydroxylation sites is 1. The van der Waals surface area contributed by atoms with Gasteiger partial charge in [0.2, 0.25) is 0 Å². The van der Waals surface area contributed by atoms with E-state index in [0.29, 0.717) is 30.2 Å². The zero-order valence-electron chi connectivity index (χ0n) is 14.4. The molecule has 6 nitrogen and oxygen atoms in total. The van der Waals surface area contributed by atoms with Crippen LogP contribution in [0.2, 0.25) is 0 Å². The molecule has 1 aliphatic heterocycles. The second kappa shape index (κ2) is 7.68. The van der Waals surface area contributed by atoms with Crippen LogP contribution in [0, 0.1) is 0 Å². The highest BCUT2D eigenvalue weighted by atomic mass is 32.5. The van der Waals surface area contributed by atoms with Crippen LogP contribution >= 0.6 is 6.72 Å². The highest BCUT2D eigenvalue weighted by Crippen LogP contribution is 2.50. The lowest BCUT2D eigenvalue weighted by molar-refractivity contribution is 0.0926. The van der Waals surface area contributed by atoms with Gasteiger partial charge < -0.3 is 4.52 Å². The van der Waals surface area contributed by atoms with Crippen molar-refractivity contribution < 1.29 is 23.2 Å². The van der Waals surface area contributed by atoms with Gasteiger partial charge in [-0.05, 0) is 44.2 Å². The number of carbonyl (C=O) groups excluding carboxylic acids is 2. The van der Waals surface area contributed by atoms with E-state index in [4.69, 9.17) is 25.4 Å². The minimum Gasteiger partial charge on any atom is -0.424 e. The summed E-state index contributed by atoms with van der Waals surface area (Å²) in [6, 6.07) is 13.5. The van der Waals surface area contributed by atoms with E-state index in [2.05, 4.69) is 0 Å². The third-order valence-corrected chi connectivity index (χ3v) is 6.10. The number of anilines is 1. The monoisotopic (exact) mass is 391 g/mol. The molecule has 0 fully saturated rings. The number of amides is 2. The molecule has 1 heterocycles. The van der Waals surface area contributed by atoms with Gasteiger partial charge >= 0.3 is 6.72 Å². The first-order valence-electron chi connectivity index (χ1n) is 8.15. The average molecular weight is 391 g/mol. The molecular weight excluding hydrogens is 373 g/mol. The zero-order valence-corrected chi connectivity index (χ0v) is 16.1. The maximum absolute atomic E-state index is 12.7. The molecule has 0 aliphatic carbocycles. The largest absolute Gasteiger partial charge is 0.424 e. The van der Waals surface area contributed by atoms with Gasteiger partial charge in [-0.15, -0.1) is 0 Å². The van der Waals surface area contributed by atoms with Crippen LogP contribution in [0.3, 0.4) is 0 Å². The van der Waals surface area contributed by atoms with Crippen molar-refractivity contribution in [3.63, 3.8) is 0 Å². The SMILES string of the molecule is CCOP(=S)(OCC)Oc1ccc2c(c1)C(=O)N(c1ccccc1)C2=O. The van der Waals surface area contributed by atoms with Gasteiger partial charge in [-0.25, -0.2) is 4.90 Å². The Labute approximate surface area is 156 Å². The minimum atomic E-state index is -2.95. The smallest absolute Gasteiger partial charge is 0.380 e. The predicted molar refractivity (Wildman–Crippen MR) is 102 cm³/mol. The van der Waals surface area contributed by atoms with Crippen molar-refractivity contribution in [2.45, 2.75) is 13.8 Å². The Morgan fingerprint density at radius 3 is 2.15 bits per heavy atom. The van der Waals surface area contributed by atoms with Gasteiger partial charge in [0.1, 0.15) is 5.75 Å². The Morgan fingerprint density at radius 2 is 1.54 bits per heavy atom. The van der Waals surface area contributed by atoms with Gasteiger partial charge in [0.05, 0.1) is 30.0 Å². The molecule has 3 rings (SSSR count). The Balaban J connectivity index is 1.91. The standard InChI is InChI=1S/C18H18NO5PS/c1-3-22-25(26,23-4-2)24-14-10-11-15-16(12-14)18(21)19(17(15)20)13-8-6-5-7-9-13/h5-12H,3-4H2,1-2H3. The summed E-state index contributed by atoms with van der Waals surface area (Å²) >= 11 is 5.34. The Bertz CT molecular complexity index is 876. The van der Waals surface area contributed by atoms with Gasteiger partial charge in [0, 0.05) is 11.8 Å². The molecule has 0 saturated carbocycles. The van der Waals surface area contributed by atoms with Crippen molar-refractivity contribution in [2.75, 3.05) is 18.1 Å². The number of rotatable bonds is 7. The van der Waals surface area contributed by atoms with Crippen LogP contribution in [-0.2, 0) is 20.9 Å². The summed E-state index contributed by atoms with van der Waals surface area (Å²) in [5.74, 6) is -0.426. The number of carbonyl (C=O) groups is 2. The number of hydrogen-bond acceptors (Lipinski definition) is 6. The summed E-state index contributed by atoms with van der Waals surface area (Å²) in [6.07, 6.45) is 0. The molecule has 136 valence electrons. The fraction of sp³-hybridized carbons (Fsp3) is 0.222. The summed E-state index contributed by atoms with van der Waals surface area (Å²) in [5.41, 5.74) is 1.12. The third-order valence-electron chi connectivity index (χ3n) is 3.66. The van der Waals surface area contributed by atoms with Crippen molar-refractivity contribution >= 4 is 36.0 Å². The quantitative estimate of drug-likeness (QED) is 0.522. The Kier molecular flexibility index (Phi) is 5.53. The van der Waals surface area contributed by atoms with Crippen LogP contribution in [0.4, 0.5) is 5.69 Å². The summed E-state index contributed by atoms with van der Waals surface area (Å²) in [4.78, 5) is 26.5. The van der Waals surface area contributed by atoms with Gasteiger partial charge in [-0.2, -0.15) is 0 Å². The van der Waals surface area contributed by atoms with E-state index in [1.165, 1.54) is 6.07 Å². The van der Waals surface area contributed by atoms with Crippen molar-refractivity contribution in [3.8, 4) is 5.75 Å². The zero-order chi connectivity index (χ0) is 18.7. The molecule has 2 amide bonds. The van der Waals surface area contributed by atoms with Gasteiger partial charge in [0.25, 0.3) is 11.8 Å². The second-order valence-corrected chi connectivity index (χ2v) is 8.30. The van der Waals surface area contributed by atoms with Gasteiger partial charge in [0.15, 0.2) is 0 Å². The van der Waals surface area contributed by atoms with Gasteiger partial charge in [-0.1, -0.05) is 18.2 Å². The summed E-state index contributed by atoms with van der Waals surface area (Å²) < 4.78 is 16.6. The molecule has 0 saturated heterocycles. The van der Waals surface area contributed by atoms with Crippen LogP contribution < -0.4 is 9.42 Å². The summed E-state index contributed by atoms with van der Waals surface area (Å²) in [5, 5.41) is 0. The molecule has 2 aromatic rings. The maximum Gasteiger partial charge on any atom is 0.380 e. The normalized spacial score (nSPS) is 13.8. The molecule has 0 atom stereocenters. The van der Waals surface area contributed by atoms with Crippen LogP contribution in [0.15, 0.2) is 48.5 Å². The van der Waals surface area contributed by atoms with Crippen LogP contribution in [0.1, 0.15) is 34.6 Å². The number of fused-ring (bicyclic) bond motifs is 1. The van der Waals surface area contributed by atoms with Crippen LogP contribution in [0.25, 0.3) is 0 Å². The van der Waals surface area contributed by atoms with E-state index in [1.54, 1.807) is 50.2 Å². The third kappa shape index (κ3) is 3.57. The summed E-state index contributed by atoms with van der Waals surface area (Å²) in [6.45, 7) is 1.34. The van der Waals surface area contributed by atoms with E-state index in [0.717, 1.165) is 4.90 Å². The molecule has 1 aliphatic rings. The van der Waals surface area contributed by atoms with E-state index >= 15 is 0 Å². The van der Waals surface area contributed by atoms with Crippen molar-refractivity contribution in [3.05, 3.63) is 59.7 Å². The van der Waals surface area contributed by atoms with E-state index in [-0.39, 0.29) is 11.5 Å². The Morgan fingerprint density at radius 1 is 0.923 bits per heavy atom. The molecule has 0 radical (unpaired) electrons. The summed E-state index contributed by atoms with van der Waals surface area (Å²) in [7, 11) is 0. The number of hydrogen-bond donors (Lipinski definition) is 0. The lowest BCUT2D eigenvalue weighted by atomic mass is 10.1. The molecule has 0 spiro atoms. The van der Waals surface area contributed by atoms with Crippen molar-refractivity contribution in [1.29, 1.82) is 0 Å². The van der Waals surface area contributed by atoms with Gasteiger partial charge in [-0.3, -0.25) is 18.6 Å². The first kappa shape index (κ1) is 18.7. The maximum atomic E-state index is 12.7. The first-order chi connectivity index (χ1) is 12.5. The lowest BCUT2D eigenvalue weighted by Crippen LogP contribution is -2.29. The number of imide groups is 1. The van der Waals surface area contributed by atoms with E-state index < -0.39 is 12.6 Å². The molecule has 8 heteroatoms. The van der Waals surface area contributed by atoms with Crippen LogP contribution in [0.5, 0.6) is 5.75 Å². The minimum absolute atomic E-state index is 0.269. The number of nitrogens with zero attached hydrogens (tertiary/aromatic N) is 1. The topological polar surface area (TPSA) is 65.1 Å². The van der Waals surface area contributed by atoms with Crippen LogP contribution in [-0.4, -0.2) is 25.0 Å². The van der Waals surface area contributed by atoms with E-state index in [9.17, 15) is 9.59 Å². The molecule has 2 aromatic carbocycles.